The number of esters is 1. The highest BCUT2D eigenvalue weighted by Crippen LogP contribution is 2.27. The second-order valence-electron chi connectivity index (χ2n) is 8.25. The van der Waals surface area contributed by atoms with Gasteiger partial charge in [-0.2, -0.15) is 0 Å². The number of anilines is 1. The van der Waals surface area contributed by atoms with Gasteiger partial charge in [-0.15, -0.1) is 0 Å². The molecule has 0 bridgehead atoms. The molecule has 1 aromatic rings. The molecule has 11 nitrogen and oxygen atoms in total. The van der Waals surface area contributed by atoms with Crippen LogP contribution < -0.4 is 4.90 Å². The third-order valence-corrected chi connectivity index (χ3v) is 7.80. The van der Waals surface area contributed by atoms with E-state index in [1.807, 2.05) is 18.7 Å². The van der Waals surface area contributed by atoms with E-state index in [9.17, 15) is 28.1 Å². The average molecular weight is 484 g/mol. The first-order valence-corrected chi connectivity index (χ1v) is 12.7. The topological polar surface area (TPSA) is 136 Å². The first-order chi connectivity index (χ1) is 15.6. The summed E-state index contributed by atoms with van der Waals surface area (Å²) in [5.41, 5.74) is 0.210. The number of ether oxygens (including phenoxy) is 2. The Hall–Kier alpha value is -2.73. The van der Waals surface area contributed by atoms with Crippen molar-refractivity contribution in [2.24, 2.45) is 0 Å². The summed E-state index contributed by atoms with van der Waals surface area (Å²) in [6.07, 6.45) is 0.959. The van der Waals surface area contributed by atoms with Gasteiger partial charge in [0.1, 0.15) is 0 Å². The lowest BCUT2D eigenvalue weighted by Gasteiger charge is -2.33. The number of rotatable bonds is 8. The van der Waals surface area contributed by atoms with E-state index in [1.165, 1.54) is 17.0 Å². The second-order valence-corrected chi connectivity index (χ2v) is 10.5. The SMILES string of the molecule is CC[C@@H](C)N(C(=O)COC(=O)c1cc([N+](=O)[O-])ccc1N1CCOCC1)[C@@H]1CCS(=O)(=O)C1. The van der Waals surface area contributed by atoms with Crippen molar-refractivity contribution in [3.8, 4) is 0 Å². The maximum absolute atomic E-state index is 13.0. The third kappa shape index (κ3) is 5.99. The number of hydrogen-bond donors (Lipinski definition) is 0. The first-order valence-electron chi connectivity index (χ1n) is 10.9. The van der Waals surface area contributed by atoms with Gasteiger partial charge in [-0.1, -0.05) is 6.92 Å². The lowest BCUT2D eigenvalue weighted by atomic mass is 10.1. The molecule has 2 aliphatic rings. The molecule has 2 heterocycles. The molecule has 0 spiro atoms. The minimum Gasteiger partial charge on any atom is -0.452 e. The molecule has 3 rings (SSSR count). The van der Waals surface area contributed by atoms with Crippen molar-refractivity contribution in [3.05, 3.63) is 33.9 Å². The highest BCUT2D eigenvalue weighted by atomic mass is 32.2. The minimum atomic E-state index is -3.20. The molecule has 33 heavy (non-hydrogen) atoms. The van der Waals surface area contributed by atoms with E-state index in [1.54, 1.807) is 0 Å². The molecule has 0 unspecified atom stereocenters. The molecule has 2 fully saturated rings. The lowest BCUT2D eigenvalue weighted by molar-refractivity contribution is -0.384. The van der Waals surface area contributed by atoms with Crippen LogP contribution in [0.2, 0.25) is 0 Å². The summed E-state index contributed by atoms with van der Waals surface area (Å²) in [7, 11) is -3.20. The van der Waals surface area contributed by atoms with Gasteiger partial charge >= 0.3 is 5.97 Å². The van der Waals surface area contributed by atoms with Crippen molar-refractivity contribution in [3.63, 3.8) is 0 Å². The second kappa shape index (κ2) is 10.5. The summed E-state index contributed by atoms with van der Waals surface area (Å²) in [6, 6.07) is 3.27. The molecule has 182 valence electrons. The van der Waals surface area contributed by atoms with E-state index >= 15 is 0 Å². The van der Waals surface area contributed by atoms with Gasteiger partial charge in [0, 0.05) is 37.3 Å². The molecule has 1 amide bonds. The zero-order valence-electron chi connectivity index (χ0n) is 18.8. The smallest absolute Gasteiger partial charge is 0.341 e. The molecule has 2 aliphatic heterocycles. The molecule has 0 aromatic heterocycles. The summed E-state index contributed by atoms with van der Waals surface area (Å²) in [4.78, 5) is 39.9. The molecule has 0 radical (unpaired) electrons. The number of benzene rings is 1. The zero-order valence-corrected chi connectivity index (χ0v) is 19.6. The number of hydrogen-bond acceptors (Lipinski definition) is 9. The number of amides is 1. The van der Waals surface area contributed by atoms with Gasteiger partial charge in [0.15, 0.2) is 16.4 Å². The van der Waals surface area contributed by atoms with Gasteiger partial charge in [0.05, 0.1) is 40.9 Å². The molecule has 1 aromatic carbocycles. The Morgan fingerprint density at radius 1 is 1.33 bits per heavy atom. The largest absolute Gasteiger partial charge is 0.452 e. The van der Waals surface area contributed by atoms with Gasteiger partial charge in [-0.3, -0.25) is 14.9 Å². The predicted octanol–water partition coefficient (Wildman–Crippen LogP) is 1.40. The molecular formula is C21H29N3O8S. The van der Waals surface area contributed by atoms with E-state index in [0.717, 1.165) is 6.07 Å². The maximum atomic E-state index is 13.0. The van der Waals surface area contributed by atoms with Crippen LogP contribution in [0, 0.1) is 10.1 Å². The fraction of sp³-hybridized carbons (Fsp3) is 0.619. The number of carbonyl (C=O) groups excluding carboxylic acids is 2. The highest BCUT2D eigenvalue weighted by Gasteiger charge is 2.37. The number of nitro groups is 1. The van der Waals surface area contributed by atoms with Crippen molar-refractivity contribution in [2.45, 2.75) is 38.8 Å². The predicted molar refractivity (Wildman–Crippen MR) is 120 cm³/mol. The number of morpholine rings is 1. The number of nitro benzene ring substituents is 1. The van der Waals surface area contributed by atoms with E-state index in [0.29, 0.717) is 44.8 Å². The van der Waals surface area contributed by atoms with Gasteiger partial charge in [0.25, 0.3) is 11.6 Å². The van der Waals surface area contributed by atoms with Crippen molar-refractivity contribution in [1.82, 2.24) is 4.90 Å². The Morgan fingerprint density at radius 3 is 2.61 bits per heavy atom. The Kier molecular flexibility index (Phi) is 7.90. The van der Waals surface area contributed by atoms with Crippen LogP contribution in [-0.2, 0) is 24.1 Å². The molecule has 2 atom stereocenters. The Morgan fingerprint density at radius 2 is 2.03 bits per heavy atom. The number of non-ortho nitro benzene ring substituents is 1. The highest BCUT2D eigenvalue weighted by molar-refractivity contribution is 7.91. The first kappa shape index (κ1) is 24.9. The Labute approximate surface area is 192 Å². The van der Waals surface area contributed by atoms with E-state index < -0.39 is 39.3 Å². The van der Waals surface area contributed by atoms with Crippen LogP contribution in [0.4, 0.5) is 11.4 Å². The lowest BCUT2D eigenvalue weighted by Crippen LogP contribution is -2.48. The van der Waals surface area contributed by atoms with E-state index in [-0.39, 0.29) is 28.8 Å². The van der Waals surface area contributed by atoms with Gasteiger partial charge in [-0.25, -0.2) is 13.2 Å². The van der Waals surface area contributed by atoms with Crippen LogP contribution in [0.15, 0.2) is 18.2 Å². The van der Waals surface area contributed by atoms with Gasteiger partial charge in [-0.05, 0) is 25.8 Å². The molecular weight excluding hydrogens is 454 g/mol. The molecule has 0 aliphatic carbocycles. The molecule has 12 heteroatoms. The third-order valence-electron chi connectivity index (χ3n) is 6.04. The molecule has 2 saturated heterocycles. The fourth-order valence-electron chi connectivity index (χ4n) is 4.16. The Bertz CT molecular complexity index is 1010. The van der Waals surface area contributed by atoms with Crippen LogP contribution in [-0.4, -0.2) is 86.6 Å². The van der Waals surface area contributed by atoms with Gasteiger partial charge in [0.2, 0.25) is 0 Å². The van der Waals surface area contributed by atoms with Crippen molar-refractivity contribution in [2.75, 3.05) is 49.3 Å². The zero-order chi connectivity index (χ0) is 24.2. The number of carbonyl (C=O) groups is 2. The van der Waals surface area contributed by atoms with Gasteiger partial charge < -0.3 is 19.3 Å². The number of sulfone groups is 1. The number of nitrogens with zero attached hydrogens (tertiary/aromatic N) is 3. The fourth-order valence-corrected chi connectivity index (χ4v) is 5.87. The summed E-state index contributed by atoms with van der Waals surface area (Å²) in [6.45, 7) is 5.06. The van der Waals surface area contributed by atoms with Crippen LogP contribution in [0.3, 0.4) is 0 Å². The molecule has 0 N–H and O–H groups in total. The van der Waals surface area contributed by atoms with Crippen molar-refractivity contribution < 1.29 is 32.4 Å². The quantitative estimate of drug-likeness (QED) is 0.305. The molecule has 0 saturated carbocycles. The summed E-state index contributed by atoms with van der Waals surface area (Å²) in [5, 5.41) is 11.2. The van der Waals surface area contributed by atoms with Crippen molar-refractivity contribution in [1.29, 1.82) is 0 Å². The van der Waals surface area contributed by atoms with Crippen LogP contribution in [0.5, 0.6) is 0 Å². The maximum Gasteiger partial charge on any atom is 0.341 e. The van der Waals surface area contributed by atoms with Crippen LogP contribution >= 0.6 is 0 Å². The minimum absolute atomic E-state index is 0.00238. The van der Waals surface area contributed by atoms with Crippen molar-refractivity contribution >= 4 is 33.1 Å². The summed E-state index contributed by atoms with van der Waals surface area (Å²) >= 11 is 0. The summed E-state index contributed by atoms with van der Waals surface area (Å²) in [5.74, 6) is -1.42. The normalized spacial score (nSPS) is 20.8. The van der Waals surface area contributed by atoms with E-state index in [2.05, 4.69) is 0 Å². The monoisotopic (exact) mass is 483 g/mol. The standard InChI is InChI=1S/C21H29N3O8S/c1-3-15(2)23(17-6-11-33(29,30)14-17)20(25)13-32-21(26)18-12-16(24(27)28)4-5-19(18)22-7-9-31-10-8-22/h4-5,12,15,17H,3,6-11,13-14H2,1-2H3/t15-,17-/m1/s1. The summed E-state index contributed by atoms with van der Waals surface area (Å²) < 4.78 is 34.4. The average Bonchev–Trinajstić information content (AvgIpc) is 3.16. The Balaban J connectivity index is 1.77. The van der Waals surface area contributed by atoms with Crippen LogP contribution in [0.1, 0.15) is 37.0 Å². The van der Waals surface area contributed by atoms with Crippen LogP contribution in [0.25, 0.3) is 0 Å². The van der Waals surface area contributed by atoms with E-state index in [4.69, 9.17) is 9.47 Å².